The molecule has 2 unspecified atom stereocenters. The van der Waals surface area contributed by atoms with E-state index in [2.05, 4.69) is 56.9 Å². The van der Waals surface area contributed by atoms with Gasteiger partial charge in [-0.15, -0.1) is 0 Å². The molecule has 2 atom stereocenters. The Hall–Kier alpha value is -0.380. The maximum absolute atomic E-state index is 3.53. The molecular weight excluding hydrogens is 312 g/mol. The van der Waals surface area contributed by atoms with E-state index >= 15 is 0 Å². The van der Waals surface area contributed by atoms with Gasteiger partial charge < -0.3 is 0 Å². The van der Waals surface area contributed by atoms with Gasteiger partial charge in [0.15, 0.2) is 0 Å². The first-order valence-corrected chi connectivity index (χ1v) is 8.77. The van der Waals surface area contributed by atoms with Crippen molar-refractivity contribution in [2.45, 2.75) is 44.7 Å². The van der Waals surface area contributed by atoms with Crippen molar-refractivity contribution in [2.24, 2.45) is 0 Å². The van der Waals surface area contributed by atoms with Crippen LogP contribution in [0.15, 0.2) is 28.7 Å². The summed E-state index contributed by atoms with van der Waals surface area (Å²) in [6.45, 7) is 7.47. The third kappa shape index (κ3) is 3.26. The van der Waals surface area contributed by atoms with Crippen LogP contribution < -0.4 is 0 Å². The number of hydrogen-bond acceptors (Lipinski definition) is 2. The standard InChI is InChI=1S/C17H25BrN2/c1-14(15-6-8-16(18)9-7-15)20-12-4-11-19-10-3-2-5-17(19)13-20/h6-9,14,17H,2-5,10-13H2,1H3. The Labute approximate surface area is 131 Å². The van der Waals surface area contributed by atoms with Crippen LogP contribution in [-0.2, 0) is 0 Å². The lowest BCUT2D eigenvalue weighted by Crippen LogP contribution is -2.44. The van der Waals surface area contributed by atoms with Crippen molar-refractivity contribution in [2.75, 3.05) is 26.2 Å². The van der Waals surface area contributed by atoms with Gasteiger partial charge >= 0.3 is 0 Å². The molecule has 3 rings (SSSR count). The lowest BCUT2D eigenvalue weighted by atomic mass is 10.0. The topological polar surface area (TPSA) is 6.48 Å². The van der Waals surface area contributed by atoms with E-state index in [1.165, 1.54) is 61.9 Å². The zero-order chi connectivity index (χ0) is 13.9. The molecule has 1 aromatic carbocycles. The second-order valence-electron chi connectivity index (χ2n) is 6.26. The fourth-order valence-electron chi connectivity index (χ4n) is 3.70. The van der Waals surface area contributed by atoms with E-state index in [9.17, 15) is 0 Å². The van der Waals surface area contributed by atoms with Gasteiger partial charge in [0.25, 0.3) is 0 Å². The van der Waals surface area contributed by atoms with Crippen molar-refractivity contribution in [3.8, 4) is 0 Å². The van der Waals surface area contributed by atoms with Crippen LogP contribution in [0.1, 0.15) is 44.2 Å². The molecule has 0 saturated carbocycles. The SMILES string of the molecule is CC(c1ccc(Br)cc1)N1CCCN2CCCCC2C1. The van der Waals surface area contributed by atoms with Gasteiger partial charge in [-0.05, 0) is 57.0 Å². The Morgan fingerprint density at radius 1 is 1.05 bits per heavy atom. The van der Waals surface area contributed by atoms with Gasteiger partial charge in [0, 0.05) is 29.6 Å². The third-order valence-electron chi connectivity index (χ3n) is 4.99. The summed E-state index contributed by atoms with van der Waals surface area (Å²) in [5, 5.41) is 0. The highest BCUT2D eigenvalue weighted by atomic mass is 79.9. The van der Waals surface area contributed by atoms with Crippen molar-refractivity contribution in [1.82, 2.24) is 9.80 Å². The molecule has 0 bridgehead atoms. The first kappa shape index (κ1) is 14.6. The van der Waals surface area contributed by atoms with Crippen molar-refractivity contribution in [3.05, 3.63) is 34.3 Å². The summed E-state index contributed by atoms with van der Waals surface area (Å²) < 4.78 is 1.17. The molecule has 0 N–H and O–H groups in total. The molecule has 20 heavy (non-hydrogen) atoms. The molecule has 0 aromatic heterocycles. The molecule has 2 heterocycles. The summed E-state index contributed by atoms with van der Waals surface area (Å²) >= 11 is 3.53. The zero-order valence-electron chi connectivity index (χ0n) is 12.4. The molecular formula is C17H25BrN2. The third-order valence-corrected chi connectivity index (χ3v) is 5.51. The smallest absolute Gasteiger partial charge is 0.0320 e. The average molecular weight is 337 g/mol. The molecule has 2 aliphatic rings. The molecule has 2 saturated heterocycles. The van der Waals surface area contributed by atoms with E-state index in [4.69, 9.17) is 0 Å². The minimum atomic E-state index is 0.532. The fraction of sp³-hybridized carbons (Fsp3) is 0.647. The number of nitrogens with zero attached hydrogens (tertiary/aromatic N) is 2. The molecule has 1 aromatic rings. The Morgan fingerprint density at radius 2 is 1.80 bits per heavy atom. The second kappa shape index (κ2) is 6.59. The Balaban J connectivity index is 1.70. The maximum Gasteiger partial charge on any atom is 0.0320 e. The predicted octanol–water partition coefficient (Wildman–Crippen LogP) is 4.07. The van der Waals surface area contributed by atoms with E-state index in [0.29, 0.717) is 6.04 Å². The summed E-state index contributed by atoms with van der Waals surface area (Å²) in [6.07, 6.45) is 5.53. The Bertz CT molecular complexity index is 431. The molecule has 0 radical (unpaired) electrons. The second-order valence-corrected chi connectivity index (χ2v) is 7.18. The minimum Gasteiger partial charge on any atom is -0.299 e. The molecule has 0 spiro atoms. The van der Waals surface area contributed by atoms with Crippen LogP contribution in [0.25, 0.3) is 0 Å². The zero-order valence-corrected chi connectivity index (χ0v) is 14.0. The van der Waals surface area contributed by atoms with Crippen LogP contribution in [0.2, 0.25) is 0 Å². The van der Waals surface area contributed by atoms with Crippen LogP contribution in [0.3, 0.4) is 0 Å². The first-order valence-electron chi connectivity index (χ1n) is 7.97. The maximum atomic E-state index is 3.53. The predicted molar refractivity (Wildman–Crippen MR) is 88.0 cm³/mol. The lowest BCUT2D eigenvalue weighted by Gasteiger charge is -2.37. The Morgan fingerprint density at radius 3 is 2.60 bits per heavy atom. The summed E-state index contributed by atoms with van der Waals surface area (Å²) in [5.41, 5.74) is 1.44. The fourth-order valence-corrected chi connectivity index (χ4v) is 3.97. The number of piperidine rings is 1. The van der Waals surface area contributed by atoms with Crippen LogP contribution in [0.5, 0.6) is 0 Å². The van der Waals surface area contributed by atoms with Crippen LogP contribution in [0.4, 0.5) is 0 Å². The van der Waals surface area contributed by atoms with Crippen molar-refractivity contribution >= 4 is 15.9 Å². The van der Waals surface area contributed by atoms with Gasteiger partial charge in [-0.2, -0.15) is 0 Å². The summed E-state index contributed by atoms with van der Waals surface area (Å²) in [6, 6.07) is 10.2. The van der Waals surface area contributed by atoms with Crippen molar-refractivity contribution in [3.63, 3.8) is 0 Å². The molecule has 0 amide bonds. The Kier molecular flexibility index (Phi) is 4.79. The molecule has 2 aliphatic heterocycles. The van der Waals surface area contributed by atoms with Gasteiger partial charge in [-0.3, -0.25) is 9.80 Å². The van der Waals surface area contributed by atoms with Gasteiger partial charge in [0.05, 0.1) is 0 Å². The molecule has 0 aliphatic carbocycles. The highest BCUT2D eigenvalue weighted by Gasteiger charge is 2.29. The van der Waals surface area contributed by atoms with E-state index in [1.807, 2.05) is 0 Å². The summed E-state index contributed by atoms with van der Waals surface area (Å²) in [4.78, 5) is 5.43. The monoisotopic (exact) mass is 336 g/mol. The van der Waals surface area contributed by atoms with E-state index in [-0.39, 0.29) is 0 Å². The number of hydrogen-bond donors (Lipinski definition) is 0. The number of halogens is 1. The van der Waals surface area contributed by atoms with Crippen molar-refractivity contribution in [1.29, 1.82) is 0 Å². The molecule has 2 nitrogen and oxygen atoms in total. The minimum absolute atomic E-state index is 0.532. The lowest BCUT2D eigenvalue weighted by molar-refractivity contribution is 0.123. The van der Waals surface area contributed by atoms with E-state index in [0.717, 1.165) is 6.04 Å². The summed E-state index contributed by atoms with van der Waals surface area (Å²) in [5.74, 6) is 0. The van der Waals surface area contributed by atoms with Gasteiger partial charge in [-0.1, -0.05) is 34.5 Å². The van der Waals surface area contributed by atoms with Crippen LogP contribution >= 0.6 is 15.9 Å². The van der Waals surface area contributed by atoms with E-state index in [1.54, 1.807) is 0 Å². The highest BCUT2D eigenvalue weighted by molar-refractivity contribution is 9.10. The van der Waals surface area contributed by atoms with E-state index < -0.39 is 0 Å². The molecule has 2 fully saturated rings. The highest BCUT2D eigenvalue weighted by Crippen LogP contribution is 2.27. The number of benzene rings is 1. The van der Waals surface area contributed by atoms with Crippen LogP contribution in [0, 0.1) is 0 Å². The van der Waals surface area contributed by atoms with Gasteiger partial charge in [0.1, 0.15) is 0 Å². The number of rotatable bonds is 2. The quantitative estimate of drug-likeness (QED) is 0.803. The summed E-state index contributed by atoms with van der Waals surface area (Å²) in [7, 11) is 0. The van der Waals surface area contributed by atoms with Crippen LogP contribution in [-0.4, -0.2) is 42.0 Å². The average Bonchev–Trinajstić information content (AvgIpc) is 2.69. The molecule has 110 valence electrons. The van der Waals surface area contributed by atoms with Gasteiger partial charge in [-0.25, -0.2) is 0 Å². The number of fused-ring (bicyclic) bond motifs is 1. The van der Waals surface area contributed by atoms with Crippen molar-refractivity contribution < 1.29 is 0 Å². The van der Waals surface area contributed by atoms with Gasteiger partial charge in [0.2, 0.25) is 0 Å². The molecule has 3 heteroatoms. The largest absolute Gasteiger partial charge is 0.299 e. The normalized spacial score (nSPS) is 26.8. The first-order chi connectivity index (χ1) is 9.74.